The zero-order chi connectivity index (χ0) is 15.9. The zero-order valence-corrected chi connectivity index (χ0v) is 12.3. The number of anilines is 1. The number of benzene rings is 1. The number of aromatic nitrogens is 2. The molecule has 0 unspecified atom stereocenters. The van der Waals surface area contributed by atoms with Gasteiger partial charge in [-0.2, -0.15) is 5.10 Å². The molecule has 0 spiro atoms. The van der Waals surface area contributed by atoms with Gasteiger partial charge in [0.05, 0.1) is 12.1 Å². The van der Waals surface area contributed by atoms with Gasteiger partial charge in [-0.3, -0.25) is 9.89 Å². The third-order valence-electron chi connectivity index (χ3n) is 2.97. The molecule has 0 saturated carbocycles. The minimum absolute atomic E-state index is 0.300. The molecule has 0 aliphatic carbocycles. The molecule has 1 aromatic carbocycles. The van der Waals surface area contributed by atoms with E-state index in [4.69, 9.17) is 10.5 Å². The average Bonchev–Trinajstić information content (AvgIpc) is 2.90. The van der Waals surface area contributed by atoms with E-state index in [1.54, 1.807) is 24.3 Å². The van der Waals surface area contributed by atoms with Crippen molar-refractivity contribution < 1.29 is 9.53 Å². The first kappa shape index (κ1) is 15.4. The van der Waals surface area contributed by atoms with Crippen molar-refractivity contribution in [3.63, 3.8) is 0 Å². The largest absolute Gasteiger partial charge is 0.480 e. The third-order valence-corrected chi connectivity index (χ3v) is 2.97. The molecule has 0 fully saturated rings. The number of nitrogens with zero attached hydrogens (tertiary/aromatic N) is 1. The Labute approximate surface area is 128 Å². The number of hydrogen-bond acceptors (Lipinski definition) is 4. The zero-order valence-electron chi connectivity index (χ0n) is 12.3. The second kappa shape index (κ2) is 7.12. The summed E-state index contributed by atoms with van der Waals surface area (Å²) >= 11 is 0. The van der Waals surface area contributed by atoms with Crippen molar-refractivity contribution in [1.29, 1.82) is 0 Å². The van der Waals surface area contributed by atoms with E-state index in [9.17, 15) is 4.79 Å². The Morgan fingerprint density at radius 1 is 1.55 bits per heavy atom. The second-order valence-electron chi connectivity index (χ2n) is 4.43. The van der Waals surface area contributed by atoms with Gasteiger partial charge in [-0.15, -0.1) is 0 Å². The van der Waals surface area contributed by atoms with E-state index in [0.29, 0.717) is 30.3 Å². The van der Waals surface area contributed by atoms with Crippen LogP contribution in [0.3, 0.4) is 0 Å². The van der Waals surface area contributed by atoms with E-state index in [1.807, 2.05) is 19.1 Å². The lowest BCUT2D eigenvalue weighted by atomic mass is 10.1. The van der Waals surface area contributed by atoms with Gasteiger partial charge >= 0.3 is 0 Å². The first-order chi connectivity index (χ1) is 10.7. The van der Waals surface area contributed by atoms with Crippen molar-refractivity contribution in [2.24, 2.45) is 5.73 Å². The maximum Gasteiger partial charge on any atom is 0.211 e. The van der Waals surface area contributed by atoms with E-state index in [0.717, 1.165) is 16.5 Å². The van der Waals surface area contributed by atoms with Crippen LogP contribution in [0, 0.1) is 0 Å². The SMILES string of the molecule is C=C/C=C(\C=C(/N)OCC)c1n[nH]c2ccc(NC=O)cc12. The first-order valence-electron chi connectivity index (χ1n) is 6.81. The Bertz CT molecular complexity index is 744. The number of carbonyl (C=O) groups excluding carboxylic acids is 1. The molecule has 0 aliphatic heterocycles. The number of H-pyrrole nitrogens is 1. The van der Waals surface area contributed by atoms with Crippen LogP contribution >= 0.6 is 0 Å². The first-order valence-corrected chi connectivity index (χ1v) is 6.81. The standard InChI is InChI=1S/C16H18N4O2/c1-3-5-11(8-15(17)22-4-2)16-13-9-12(18-10-21)6-7-14(13)19-20-16/h3,5-10H,1,4,17H2,2H3,(H,18,21)(H,19,20)/b11-5+,15-8+. The number of rotatable bonds is 7. The van der Waals surface area contributed by atoms with Crippen LogP contribution in [-0.4, -0.2) is 23.2 Å². The number of amides is 1. The summed E-state index contributed by atoms with van der Waals surface area (Å²) in [7, 11) is 0. The van der Waals surface area contributed by atoms with Gasteiger partial charge in [0.1, 0.15) is 5.69 Å². The van der Waals surface area contributed by atoms with Crippen molar-refractivity contribution in [2.45, 2.75) is 6.92 Å². The normalized spacial score (nSPS) is 12.2. The number of aromatic amines is 1. The molecule has 1 aromatic heterocycles. The smallest absolute Gasteiger partial charge is 0.211 e. The summed E-state index contributed by atoms with van der Waals surface area (Å²) in [4.78, 5) is 10.6. The predicted octanol–water partition coefficient (Wildman–Crippen LogP) is 2.54. The summed E-state index contributed by atoms with van der Waals surface area (Å²) in [6.07, 6.45) is 5.77. The highest BCUT2D eigenvalue weighted by atomic mass is 16.5. The maximum absolute atomic E-state index is 10.6. The van der Waals surface area contributed by atoms with E-state index >= 15 is 0 Å². The van der Waals surface area contributed by atoms with Crippen molar-refractivity contribution >= 4 is 28.6 Å². The van der Waals surface area contributed by atoms with Gasteiger partial charge in [0, 0.05) is 22.7 Å². The molecule has 6 heteroatoms. The van der Waals surface area contributed by atoms with Crippen LogP contribution in [0.15, 0.2) is 48.9 Å². The van der Waals surface area contributed by atoms with E-state index < -0.39 is 0 Å². The lowest BCUT2D eigenvalue weighted by Gasteiger charge is -2.05. The third kappa shape index (κ3) is 3.35. The van der Waals surface area contributed by atoms with Crippen molar-refractivity contribution in [3.8, 4) is 0 Å². The molecule has 2 aromatic rings. The van der Waals surface area contributed by atoms with Crippen molar-refractivity contribution in [1.82, 2.24) is 10.2 Å². The van der Waals surface area contributed by atoms with Gasteiger partial charge in [0.25, 0.3) is 0 Å². The molecule has 4 N–H and O–H groups in total. The molecule has 1 amide bonds. The number of allylic oxidation sites excluding steroid dienone is 4. The maximum atomic E-state index is 10.6. The Hall–Kier alpha value is -3.02. The Morgan fingerprint density at radius 3 is 3.05 bits per heavy atom. The number of ether oxygens (including phenoxy) is 1. The minimum atomic E-state index is 0.300. The molecule has 6 nitrogen and oxygen atoms in total. The van der Waals surface area contributed by atoms with Gasteiger partial charge in [-0.25, -0.2) is 0 Å². The van der Waals surface area contributed by atoms with E-state index in [-0.39, 0.29) is 0 Å². The van der Waals surface area contributed by atoms with Crippen LogP contribution in [0.25, 0.3) is 16.5 Å². The fraction of sp³-hybridized carbons (Fsp3) is 0.125. The highest BCUT2D eigenvalue weighted by molar-refractivity contribution is 5.95. The summed E-state index contributed by atoms with van der Waals surface area (Å²) < 4.78 is 5.26. The van der Waals surface area contributed by atoms with Crippen LogP contribution in [0.2, 0.25) is 0 Å². The highest BCUT2D eigenvalue weighted by Crippen LogP contribution is 2.26. The molecule has 2 rings (SSSR count). The Balaban J connectivity index is 2.52. The highest BCUT2D eigenvalue weighted by Gasteiger charge is 2.10. The number of nitrogens with two attached hydrogens (primary N) is 1. The molecule has 0 atom stereocenters. The van der Waals surface area contributed by atoms with Crippen LogP contribution in [-0.2, 0) is 9.53 Å². The van der Waals surface area contributed by atoms with Crippen molar-refractivity contribution in [2.75, 3.05) is 11.9 Å². The molecular formula is C16H18N4O2. The fourth-order valence-corrected chi connectivity index (χ4v) is 2.08. The van der Waals surface area contributed by atoms with E-state index in [1.165, 1.54) is 0 Å². The molecule has 22 heavy (non-hydrogen) atoms. The molecule has 114 valence electrons. The molecule has 0 radical (unpaired) electrons. The van der Waals surface area contributed by atoms with Gasteiger partial charge in [0.2, 0.25) is 6.41 Å². The topological polar surface area (TPSA) is 93.0 Å². The van der Waals surface area contributed by atoms with Crippen molar-refractivity contribution in [3.05, 3.63) is 54.6 Å². The summed E-state index contributed by atoms with van der Waals surface area (Å²) in [6, 6.07) is 5.48. The predicted molar refractivity (Wildman–Crippen MR) is 87.9 cm³/mol. The summed E-state index contributed by atoms with van der Waals surface area (Å²) in [5.41, 5.74) is 8.81. The molecule has 1 heterocycles. The fourth-order valence-electron chi connectivity index (χ4n) is 2.08. The minimum Gasteiger partial charge on any atom is -0.480 e. The quantitative estimate of drug-likeness (QED) is 0.416. The summed E-state index contributed by atoms with van der Waals surface area (Å²) in [5, 5.41) is 10.7. The van der Waals surface area contributed by atoms with E-state index in [2.05, 4.69) is 22.1 Å². The van der Waals surface area contributed by atoms with Crippen LogP contribution in [0.4, 0.5) is 5.69 Å². The molecule has 0 saturated heterocycles. The Kier molecular flexibility index (Phi) is 4.98. The van der Waals surface area contributed by atoms with Crippen LogP contribution in [0.1, 0.15) is 12.6 Å². The van der Waals surface area contributed by atoms with Gasteiger partial charge in [0.15, 0.2) is 5.88 Å². The monoisotopic (exact) mass is 298 g/mol. The van der Waals surface area contributed by atoms with Crippen LogP contribution in [0.5, 0.6) is 0 Å². The number of nitrogens with one attached hydrogen (secondary N) is 2. The Morgan fingerprint density at radius 2 is 2.36 bits per heavy atom. The number of fused-ring (bicyclic) bond motifs is 1. The second-order valence-corrected chi connectivity index (χ2v) is 4.43. The molecule has 0 aliphatic rings. The lowest BCUT2D eigenvalue weighted by Crippen LogP contribution is -2.02. The van der Waals surface area contributed by atoms with Gasteiger partial charge in [-0.1, -0.05) is 18.7 Å². The van der Waals surface area contributed by atoms with Gasteiger partial charge < -0.3 is 15.8 Å². The molecular weight excluding hydrogens is 280 g/mol. The molecule has 0 bridgehead atoms. The summed E-state index contributed by atoms with van der Waals surface area (Å²) in [6.45, 7) is 6.05. The summed E-state index contributed by atoms with van der Waals surface area (Å²) in [5.74, 6) is 0.300. The van der Waals surface area contributed by atoms with Gasteiger partial charge in [-0.05, 0) is 25.1 Å². The number of hydrogen-bond donors (Lipinski definition) is 3. The number of carbonyl (C=O) groups is 1. The lowest BCUT2D eigenvalue weighted by molar-refractivity contribution is -0.105. The average molecular weight is 298 g/mol. The van der Waals surface area contributed by atoms with Crippen LogP contribution < -0.4 is 11.1 Å².